The predicted octanol–water partition coefficient (Wildman–Crippen LogP) is 5.00. The summed E-state index contributed by atoms with van der Waals surface area (Å²) < 4.78 is 5.75. The first kappa shape index (κ1) is 16.1. The molecule has 2 heterocycles. The summed E-state index contributed by atoms with van der Waals surface area (Å²) in [5, 5.41) is 14.2. The number of nitrogens with one attached hydrogen (secondary N) is 1. The summed E-state index contributed by atoms with van der Waals surface area (Å²) in [7, 11) is 0. The van der Waals surface area contributed by atoms with Crippen molar-refractivity contribution < 1.29 is 14.1 Å². The number of carbonyl (C=O) groups is 1. The van der Waals surface area contributed by atoms with Crippen LogP contribution in [0.3, 0.4) is 0 Å². The van der Waals surface area contributed by atoms with Gasteiger partial charge in [0.05, 0.1) is 10.5 Å². The van der Waals surface area contributed by atoms with Crippen LogP contribution in [-0.2, 0) is 4.79 Å². The van der Waals surface area contributed by atoms with E-state index in [1.807, 2.05) is 0 Å². The molecule has 0 saturated carbocycles. The molecule has 1 N–H and O–H groups in total. The SMILES string of the molecule is O=C1Nc2ccc(Cl)cc2C1=Cc1ccc(-c2cccc([N+](=O)[O-])c2)o1. The highest BCUT2D eigenvalue weighted by molar-refractivity contribution is 6.36. The van der Waals surface area contributed by atoms with Crippen molar-refractivity contribution in [3.63, 3.8) is 0 Å². The third-order valence-corrected chi connectivity index (χ3v) is 4.25. The number of nitro benzene ring substituents is 1. The van der Waals surface area contributed by atoms with Crippen molar-refractivity contribution in [2.45, 2.75) is 0 Å². The van der Waals surface area contributed by atoms with E-state index < -0.39 is 4.92 Å². The molecule has 0 atom stereocenters. The number of rotatable bonds is 3. The fraction of sp³-hybridized carbons (Fsp3) is 0. The van der Waals surface area contributed by atoms with E-state index in [0.29, 0.717) is 38.9 Å². The largest absolute Gasteiger partial charge is 0.457 e. The van der Waals surface area contributed by atoms with Crippen LogP contribution >= 0.6 is 11.6 Å². The van der Waals surface area contributed by atoms with Gasteiger partial charge in [-0.3, -0.25) is 14.9 Å². The van der Waals surface area contributed by atoms with Gasteiger partial charge in [0, 0.05) is 34.0 Å². The van der Waals surface area contributed by atoms with Gasteiger partial charge in [0.15, 0.2) is 0 Å². The lowest BCUT2D eigenvalue weighted by molar-refractivity contribution is -0.384. The normalized spacial score (nSPS) is 14.3. The van der Waals surface area contributed by atoms with Crippen LogP contribution in [-0.4, -0.2) is 10.8 Å². The van der Waals surface area contributed by atoms with E-state index in [-0.39, 0.29) is 11.6 Å². The van der Waals surface area contributed by atoms with E-state index in [1.165, 1.54) is 12.1 Å². The molecule has 3 aromatic rings. The number of carbonyl (C=O) groups excluding carboxylic acids is 1. The van der Waals surface area contributed by atoms with Crippen molar-refractivity contribution in [1.29, 1.82) is 0 Å². The molecule has 1 aliphatic heterocycles. The number of hydrogen-bond donors (Lipinski definition) is 1. The molecule has 0 fully saturated rings. The third kappa shape index (κ3) is 2.87. The molecule has 4 rings (SSSR count). The Morgan fingerprint density at radius 2 is 1.96 bits per heavy atom. The van der Waals surface area contributed by atoms with Crippen LogP contribution in [0.2, 0.25) is 5.02 Å². The molecule has 0 aliphatic carbocycles. The predicted molar refractivity (Wildman–Crippen MR) is 98.8 cm³/mol. The highest BCUT2D eigenvalue weighted by Gasteiger charge is 2.24. The van der Waals surface area contributed by atoms with E-state index in [9.17, 15) is 14.9 Å². The zero-order valence-electron chi connectivity index (χ0n) is 13.2. The average molecular weight is 367 g/mol. The van der Waals surface area contributed by atoms with Crippen molar-refractivity contribution in [1.82, 2.24) is 0 Å². The Bertz CT molecular complexity index is 1080. The van der Waals surface area contributed by atoms with Gasteiger partial charge in [0.25, 0.3) is 11.6 Å². The van der Waals surface area contributed by atoms with Crippen molar-refractivity contribution in [3.05, 3.63) is 81.1 Å². The standard InChI is InChI=1S/C19H11ClN2O4/c20-12-4-6-17-15(9-12)16(19(23)21-17)10-14-5-7-18(26-14)11-2-1-3-13(8-11)22(24)25/h1-10H,(H,21,23). The molecule has 0 unspecified atom stereocenters. The maximum Gasteiger partial charge on any atom is 0.270 e. The van der Waals surface area contributed by atoms with Crippen LogP contribution < -0.4 is 5.32 Å². The zero-order valence-corrected chi connectivity index (χ0v) is 14.0. The van der Waals surface area contributed by atoms with Crippen molar-refractivity contribution in [2.75, 3.05) is 5.32 Å². The fourth-order valence-corrected chi connectivity index (χ4v) is 2.98. The number of halogens is 1. The quantitative estimate of drug-likeness (QED) is 0.401. The summed E-state index contributed by atoms with van der Waals surface area (Å²) in [5.74, 6) is 0.699. The summed E-state index contributed by atoms with van der Waals surface area (Å²) in [5.41, 5.74) is 2.41. The van der Waals surface area contributed by atoms with Gasteiger partial charge in [-0.25, -0.2) is 0 Å². The second-order valence-corrected chi connectivity index (χ2v) is 6.15. The number of nitrogens with zero attached hydrogens (tertiary/aromatic N) is 1. The Morgan fingerprint density at radius 1 is 1.12 bits per heavy atom. The minimum atomic E-state index is -0.459. The third-order valence-electron chi connectivity index (χ3n) is 4.02. The van der Waals surface area contributed by atoms with Crippen LogP contribution in [0.5, 0.6) is 0 Å². The van der Waals surface area contributed by atoms with Gasteiger partial charge >= 0.3 is 0 Å². The summed E-state index contributed by atoms with van der Waals surface area (Å²) in [6.07, 6.45) is 1.62. The van der Waals surface area contributed by atoms with Gasteiger partial charge in [-0.2, -0.15) is 0 Å². The molecular weight excluding hydrogens is 356 g/mol. The van der Waals surface area contributed by atoms with Gasteiger partial charge in [0.2, 0.25) is 0 Å². The molecule has 1 amide bonds. The molecular formula is C19H11ClN2O4. The Morgan fingerprint density at radius 3 is 2.77 bits per heavy atom. The van der Waals surface area contributed by atoms with Crippen LogP contribution in [0, 0.1) is 10.1 Å². The lowest BCUT2D eigenvalue weighted by Crippen LogP contribution is -2.03. The number of nitro groups is 1. The van der Waals surface area contributed by atoms with Crippen LogP contribution in [0.15, 0.2) is 59.0 Å². The van der Waals surface area contributed by atoms with Gasteiger partial charge < -0.3 is 9.73 Å². The molecule has 0 radical (unpaired) electrons. The highest BCUT2D eigenvalue weighted by atomic mass is 35.5. The number of non-ortho nitro benzene ring substituents is 1. The Hall–Kier alpha value is -3.38. The fourth-order valence-electron chi connectivity index (χ4n) is 2.80. The zero-order chi connectivity index (χ0) is 18.3. The number of amides is 1. The second kappa shape index (κ2) is 6.16. The van der Waals surface area contributed by atoms with Gasteiger partial charge in [0.1, 0.15) is 11.5 Å². The summed E-state index contributed by atoms with van der Waals surface area (Å²) in [6, 6.07) is 14.7. The van der Waals surface area contributed by atoms with Crippen molar-refractivity contribution >= 4 is 40.5 Å². The molecule has 7 heteroatoms. The van der Waals surface area contributed by atoms with Gasteiger partial charge in [-0.1, -0.05) is 23.7 Å². The van der Waals surface area contributed by atoms with Crippen molar-refractivity contribution in [2.24, 2.45) is 0 Å². The number of anilines is 1. The van der Waals surface area contributed by atoms with E-state index in [0.717, 1.165) is 0 Å². The van der Waals surface area contributed by atoms with Crippen LogP contribution in [0.25, 0.3) is 23.0 Å². The molecule has 0 saturated heterocycles. The minimum Gasteiger partial charge on any atom is -0.457 e. The van der Waals surface area contributed by atoms with Crippen molar-refractivity contribution in [3.8, 4) is 11.3 Å². The lowest BCUT2D eigenvalue weighted by Gasteiger charge is -1.99. The first-order valence-corrected chi connectivity index (χ1v) is 8.07. The maximum atomic E-state index is 12.2. The number of hydrogen-bond acceptors (Lipinski definition) is 4. The smallest absolute Gasteiger partial charge is 0.270 e. The lowest BCUT2D eigenvalue weighted by atomic mass is 10.1. The van der Waals surface area contributed by atoms with E-state index in [2.05, 4.69) is 5.32 Å². The minimum absolute atomic E-state index is 0.0162. The second-order valence-electron chi connectivity index (χ2n) is 5.71. The maximum absolute atomic E-state index is 12.2. The molecule has 2 aromatic carbocycles. The van der Waals surface area contributed by atoms with E-state index >= 15 is 0 Å². The molecule has 0 spiro atoms. The number of furan rings is 1. The monoisotopic (exact) mass is 366 g/mol. The van der Waals surface area contributed by atoms with Crippen LogP contribution in [0.4, 0.5) is 11.4 Å². The first-order valence-electron chi connectivity index (χ1n) is 7.69. The summed E-state index contributed by atoms with van der Waals surface area (Å²) in [4.78, 5) is 22.7. The summed E-state index contributed by atoms with van der Waals surface area (Å²) in [6.45, 7) is 0. The van der Waals surface area contributed by atoms with Gasteiger partial charge in [-0.15, -0.1) is 0 Å². The molecule has 1 aromatic heterocycles. The molecule has 128 valence electrons. The van der Waals surface area contributed by atoms with E-state index in [4.69, 9.17) is 16.0 Å². The Balaban J connectivity index is 1.71. The van der Waals surface area contributed by atoms with E-state index in [1.54, 1.807) is 48.5 Å². The number of fused-ring (bicyclic) bond motifs is 1. The molecule has 6 nitrogen and oxygen atoms in total. The Labute approximate surface area is 152 Å². The molecule has 1 aliphatic rings. The first-order chi connectivity index (χ1) is 12.5. The van der Waals surface area contributed by atoms with Crippen LogP contribution in [0.1, 0.15) is 11.3 Å². The highest BCUT2D eigenvalue weighted by Crippen LogP contribution is 2.35. The van der Waals surface area contributed by atoms with Gasteiger partial charge in [-0.05, 0) is 36.4 Å². The Kier molecular flexibility index (Phi) is 3.82. The summed E-state index contributed by atoms with van der Waals surface area (Å²) >= 11 is 6.02. The molecule has 26 heavy (non-hydrogen) atoms. The number of benzene rings is 2. The average Bonchev–Trinajstić information content (AvgIpc) is 3.21. The topological polar surface area (TPSA) is 85.4 Å². The molecule has 0 bridgehead atoms.